The molecule has 0 spiro atoms. The number of benzene rings is 2. The van der Waals surface area contributed by atoms with Crippen molar-refractivity contribution in [3.05, 3.63) is 70.2 Å². The number of methoxy groups -OCH3 is 2. The number of amides is 2. The highest BCUT2D eigenvalue weighted by atomic mass is 35.5. The van der Waals surface area contributed by atoms with Gasteiger partial charge in [-0.1, -0.05) is 59.6 Å². The lowest BCUT2D eigenvalue weighted by Gasteiger charge is -2.22. The summed E-state index contributed by atoms with van der Waals surface area (Å²) in [5.74, 6) is 0.234. The molecule has 2 aromatic carbocycles. The Hall–Kier alpha value is -4.45. The van der Waals surface area contributed by atoms with E-state index in [1.54, 1.807) is 18.3 Å². The average molecular weight is 772 g/mol. The second-order valence-electron chi connectivity index (χ2n) is 12.3. The summed E-state index contributed by atoms with van der Waals surface area (Å²) in [6, 6.07) is 10.5. The van der Waals surface area contributed by atoms with Crippen LogP contribution in [0.2, 0.25) is 10.0 Å². The molecule has 4 aromatic rings. The van der Waals surface area contributed by atoms with E-state index in [1.807, 2.05) is 24.3 Å². The Kier molecular flexibility index (Phi) is 11.5. The second kappa shape index (κ2) is 16.1. The van der Waals surface area contributed by atoms with Crippen LogP contribution in [0, 0.1) is 0 Å². The molecular weight excluding hydrogens is 735 g/mol. The van der Waals surface area contributed by atoms with Crippen LogP contribution >= 0.6 is 23.2 Å². The van der Waals surface area contributed by atoms with Gasteiger partial charge in [-0.3, -0.25) is 24.1 Å². The van der Waals surface area contributed by atoms with Gasteiger partial charge in [-0.25, -0.2) is 9.97 Å². The topological polar surface area (TPSA) is 198 Å². The molecular formula is C34H36Cl2N8O7S. The highest BCUT2D eigenvalue weighted by Crippen LogP contribution is 2.42. The Labute approximate surface area is 310 Å². The molecule has 2 amide bonds. The number of carbonyl (C=O) groups excluding carboxylic acids is 2. The molecule has 52 heavy (non-hydrogen) atoms. The number of ether oxygens (including phenoxy) is 2. The molecule has 2 atom stereocenters. The molecule has 2 aliphatic rings. The van der Waals surface area contributed by atoms with Crippen molar-refractivity contribution < 1.29 is 32.0 Å². The Balaban J connectivity index is 1.24. The molecule has 6 rings (SSSR count). The third kappa shape index (κ3) is 8.43. The van der Waals surface area contributed by atoms with Crippen molar-refractivity contribution in [1.82, 2.24) is 40.2 Å². The first-order valence-electron chi connectivity index (χ1n) is 16.3. The number of hydrogen-bond acceptors (Lipinski definition) is 11. The number of carbonyl (C=O) groups is 2. The first-order chi connectivity index (χ1) is 24.9. The van der Waals surface area contributed by atoms with E-state index < -0.39 is 16.3 Å². The Bertz CT molecular complexity index is 2110. The highest BCUT2D eigenvalue weighted by Gasteiger charge is 2.30. The highest BCUT2D eigenvalue weighted by molar-refractivity contribution is 7.83. The molecule has 18 heteroatoms. The van der Waals surface area contributed by atoms with E-state index in [1.165, 1.54) is 20.4 Å². The van der Waals surface area contributed by atoms with E-state index in [2.05, 4.69) is 35.9 Å². The van der Waals surface area contributed by atoms with Gasteiger partial charge >= 0.3 is 10.3 Å². The lowest BCUT2D eigenvalue weighted by atomic mass is 9.98. The summed E-state index contributed by atoms with van der Waals surface area (Å²) in [6.07, 6.45) is 5.08. The van der Waals surface area contributed by atoms with Crippen LogP contribution in [0.4, 0.5) is 0 Å². The minimum Gasteiger partial charge on any atom is -0.480 e. The van der Waals surface area contributed by atoms with Crippen LogP contribution in [-0.4, -0.2) is 88.4 Å². The van der Waals surface area contributed by atoms with E-state index in [4.69, 9.17) is 32.7 Å². The van der Waals surface area contributed by atoms with Crippen LogP contribution < -0.4 is 25.4 Å². The molecule has 15 nitrogen and oxygen atoms in total. The molecule has 0 aliphatic carbocycles. The van der Waals surface area contributed by atoms with Gasteiger partial charge in [-0.05, 0) is 12.8 Å². The maximum atomic E-state index is 12.2. The van der Waals surface area contributed by atoms with Gasteiger partial charge < -0.3 is 25.4 Å². The van der Waals surface area contributed by atoms with Gasteiger partial charge in [-0.15, -0.1) is 0 Å². The number of nitrogens with zero attached hydrogens (tertiary/aromatic N) is 5. The van der Waals surface area contributed by atoms with E-state index >= 15 is 0 Å². The van der Waals surface area contributed by atoms with Crippen LogP contribution in [-0.2, 0) is 33.0 Å². The lowest BCUT2D eigenvalue weighted by Crippen LogP contribution is -2.41. The fourth-order valence-corrected chi connectivity index (χ4v) is 7.45. The second-order valence-corrected chi connectivity index (χ2v) is 14.4. The zero-order chi connectivity index (χ0) is 37.0. The maximum Gasteiger partial charge on any atom is 0.336 e. The summed E-state index contributed by atoms with van der Waals surface area (Å²) < 4.78 is 46.2. The predicted molar refractivity (Wildman–Crippen MR) is 193 cm³/mol. The molecule has 4 heterocycles. The van der Waals surface area contributed by atoms with Gasteiger partial charge in [-0.2, -0.15) is 12.7 Å². The predicted octanol–water partition coefficient (Wildman–Crippen LogP) is 3.84. The molecule has 0 saturated carbocycles. The number of hydrogen-bond donors (Lipinski definition) is 4. The summed E-state index contributed by atoms with van der Waals surface area (Å²) in [4.78, 5) is 41.4. The molecule has 274 valence electrons. The van der Waals surface area contributed by atoms with Crippen molar-refractivity contribution in [2.24, 2.45) is 0 Å². The van der Waals surface area contributed by atoms with Crippen LogP contribution in [0.25, 0.3) is 33.6 Å². The summed E-state index contributed by atoms with van der Waals surface area (Å²) >= 11 is 14.0. The molecule has 0 unspecified atom stereocenters. The molecule has 2 fully saturated rings. The van der Waals surface area contributed by atoms with Gasteiger partial charge in [0.15, 0.2) is 0 Å². The van der Waals surface area contributed by atoms with Gasteiger partial charge in [0.05, 0.1) is 54.6 Å². The Morgan fingerprint density at radius 2 is 1.33 bits per heavy atom. The monoisotopic (exact) mass is 770 g/mol. The third-order valence-corrected chi connectivity index (χ3v) is 10.5. The van der Waals surface area contributed by atoms with E-state index in [9.17, 15) is 22.6 Å². The van der Waals surface area contributed by atoms with Crippen LogP contribution in [0.5, 0.6) is 11.8 Å². The van der Waals surface area contributed by atoms with Crippen molar-refractivity contribution in [3.63, 3.8) is 0 Å². The van der Waals surface area contributed by atoms with Crippen LogP contribution in [0.1, 0.15) is 37.1 Å². The number of nitrogens with one attached hydrogen (secondary N) is 3. The summed E-state index contributed by atoms with van der Waals surface area (Å²) in [5, 5.41) is 9.62. The van der Waals surface area contributed by atoms with Gasteiger partial charge in [0.2, 0.25) is 23.6 Å². The number of halogens is 2. The molecule has 2 aliphatic heterocycles. The Morgan fingerprint density at radius 3 is 1.83 bits per heavy atom. The summed E-state index contributed by atoms with van der Waals surface area (Å²) in [6.45, 7) is 0.506. The zero-order valence-corrected chi connectivity index (χ0v) is 30.6. The smallest absolute Gasteiger partial charge is 0.336 e. The van der Waals surface area contributed by atoms with Crippen molar-refractivity contribution in [2.75, 3.05) is 27.3 Å². The minimum atomic E-state index is -4.65. The SMILES string of the molecule is COc1nc(-c2cccc(-c3cccc(-c4cnc(CN(C[C@@H]5CCC(=O)N5)S(=O)(=O)O)c(OC)n4)c3Cl)c2Cl)cnc1CNC[C@@H]1CCC(=O)N1. The fraction of sp³-hybridized carbons (Fsp3) is 0.353. The fourth-order valence-electron chi connectivity index (χ4n) is 6.15. The average Bonchev–Trinajstić information content (AvgIpc) is 3.74. The summed E-state index contributed by atoms with van der Waals surface area (Å²) in [7, 11) is -1.76. The number of rotatable bonds is 14. The van der Waals surface area contributed by atoms with Crippen molar-refractivity contribution in [3.8, 4) is 45.4 Å². The standard InChI is InChI=1S/C34H36Cl2N8O7S/c1-50-33-27(14-37-13-19-9-11-29(45)40-19)38-15-25(42-33)23-7-3-5-21(31(23)35)22-6-4-8-24(32(22)36)26-16-39-28(34(43-26)51-2)18-44(52(47,48)49)17-20-10-12-30(46)41-20/h3-8,15-16,19-20,37H,9-14,17-18H2,1-2H3,(H,40,45)(H,41,46)(H,47,48,49)/t19-,20-/m0/s1. The minimum absolute atomic E-state index is 0.0274. The van der Waals surface area contributed by atoms with Crippen molar-refractivity contribution >= 4 is 45.3 Å². The lowest BCUT2D eigenvalue weighted by molar-refractivity contribution is -0.120. The third-order valence-electron chi connectivity index (χ3n) is 8.78. The normalized spacial score (nSPS) is 17.3. The van der Waals surface area contributed by atoms with Crippen molar-refractivity contribution in [1.29, 1.82) is 0 Å². The van der Waals surface area contributed by atoms with Gasteiger partial charge in [0.25, 0.3) is 0 Å². The number of aromatic nitrogens is 4. The van der Waals surface area contributed by atoms with E-state index in [-0.39, 0.29) is 48.9 Å². The van der Waals surface area contributed by atoms with Gasteiger partial charge in [0, 0.05) is 66.8 Å². The quantitative estimate of drug-likeness (QED) is 0.135. The molecule has 2 saturated heterocycles. The molecule has 4 N–H and O–H groups in total. The zero-order valence-electron chi connectivity index (χ0n) is 28.2. The molecule has 0 bridgehead atoms. The maximum absolute atomic E-state index is 12.2. The van der Waals surface area contributed by atoms with E-state index in [0.717, 1.165) is 10.7 Å². The first kappa shape index (κ1) is 37.3. The first-order valence-corrected chi connectivity index (χ1v) is 18.5. The van der Waals surface area contributed by atoms with Crippen LogP contribution in [0.15, 0.2) is 48.8 Å². The van der Waals surface area contributed by atoms with Crippen LogP contribution in [0.3, 0.4) is 0 Å². The van der Waals surface area contributed by atoms with Crippen molar-refractivity contribution in [2.45, 2.75) is 50.9 Å². The Morgan fingerprint density at radius 1 is 0.827 bits per heavy atom. The largest absolute Gasteiger partial charge is 0.480 e. The molecule has 0 radical (unpaired) electrons. The van der Waals surface area contributed by atoms with E-state index in [0.29, 0.717) is 81.2 Å². The summed E-state index contributed by atoms with van der Waals surface area (Å²) in [5.41, 5.74) is 3.92. The molecule has 2 aromatic heterocycles. The van der Waals surface area contributed by atoms with Gasteiger partial charge in [0.1, 0.15) is 11.4 Å².